The van der Waals surface area contributed by atoms with Crippen LogP contribution in [0.15, 0.2) is 83.7 Å². The van der Waals surface area contributed by atoms with E-state index in [0.717, 1.165) is 5.56 Å². The first-order chi connectivity index (χ1) is 15.3. The summed E-state index contributed by atoms with van der Waals surface area (Å²) in [6.45, 7) is 2.59. The fourth-order valence-electron chi connectivity index (χ4n) is 3.73. The zero-order valence-corrected chi connectivity index (χ0v) is 16.9. The number of carbonyl (C=O) groups is 1. The van der Waals surface area contributed by atoms with Gasteiger partial charge in [0.15, 0.2) is 5.76 Å². The number of rotatable bonds is 4. The second-order valence-corrected chi connectivity index (χ2v) is 7.27. The van der Waals surface area contributed by atoms with Crippen LogP contribution in [0.5, 0.6) is 0 Å². The summed E-state index contributed by atoms with van der Waals surface area (Å²) in [5.74, 6) is 1.79. The number of amides is 1. The van der Waals surface area contributed by atoms with Crippen molar-refractivity contribution in [3.63, 3.8) is 0 Å². The van der Waals surface area contributed by atoms with Crippen molar-refractivity contribution in [3.8, 4) is 22.8 Å². The Hall–Kier alpha value is -4.00. The van der Waals surface area contributed by atoms with E-state index in [1.807, 2.05) is 59.5 Å². The standard InChI is InChI=1S/C24H21N5O2/c30-23(28-13-15-29(16-14-28)24-25-11-6-12-26-24)20-10-5-4-9-19(20)22-27-17-21(31-22)18-7-2-1-3-8-18/h1-12,17H,13-16H2. The first-order valence-corrected chi connectivity index (χ1v) is 10.2. The topological polar surface area (TPSA) is 75.4 Å². The van der Waals surface area contributed by atoms with Gasteiger partial charge < -0.3 is 14.2 Å². The first kappa shape index (κ1) is 19.0. The van der Waals surface area contributed by atoms with Crippen LogP contribution in [0, 0.1) is 0 Å². The molecule has 154 valence electrons. The minimum absolute atomic E-state index is 0.0244. The third-order valence-electron chi connectivity index (χ3n) is 5.35. The molecule has 1 fully saturated rings. The highest BCUT2D eigenvalue weighted by Crippen LogP contribution is 2.29. The van der Waals surface area contributed by atoms with E-state index in [-0.39, 0.29) is 5.91 Å². The SMILES string of the molecule is O=C(c1ccccc1-c1ncc(-c2ccccc2)o1)N1CCN(c2ncccn2)CC1. The van der Waals surface area contributed by atoms with E-state index in [9.17, 15) is 4.79 Å². The molecule has 7 heteroatoms. The third-order valence-corrected chi connectivity index (χ3v) is 5.35. The van der Waals surface area contributed by atoms with Crippen LogP contribution in [0.4, 0.5) is 5.95 Å². The molecule has 7 nitrogen and oxygen atoms in total. The molecule has 5 rings (SSSR count). The molecule has 1 saturated heterocycles. The molecule has 0 bridgehead atoms. The largest absolute Gasteiger partial charge is 0.436 e. The van der Waals surface area contributed by atoms with Gasteiger partial charge in [0.1, 0.15) is 0 Å². The summed E-state index contributed by atoms with van der Waals surface area (Å²) in [6.07, 6.45) is 5.16. The van der Waals surface area contributed by atoms with Crippen molar-refractivity contribution in [3.05, 3.63) is 84.8 Å². The number of nitrogens with zero attached hydrogens (tertiary/aromatic N) is 5. The van der Waals surface area contributed by atoms with Gasteiger partial charge in [-0.25, -0.2) is 15.0 Å². The highest BCUT2D eigenvalue weighted by molar-refractivity contribution is 6.00. The molecule has 0 spiro atoms. The summed E-state index contributed by atoms with van der Waals surface area (Å²) in [6, 6.07) is 19.1. The average Bonchev–Trinajstić information content (AvgIpc) is 3.35. The maximum absolute atomic E-state index is 13.3. The van der Waals surface area contributed by atoms with Gasteiger partial charge in [0.25, 0.3) is 5.91 Å². The van der Waals surface area contributed by atoms with Gasteiger partial charge in [-0.1, -0.05) is 42.5 Å². The molecule has 1 aliphatic heterocycles. The van der Waals surface area contributed by atoms with Gasteiger partial charge in [0.2, 0.25) is 11.8 Å². The number of anilines is 1. The molecule has 0 aliphatic carbocycles. The van der Waals surface area contributed by atoms with Gasteiger partial charge >= 0.3 is 0 Å². The molecule has 2 aromatic carbocycles. The minimum Gasteiger partial charge on any atom is -0.436 e. The number of hydrogen-bond acceptors (Lipinski definition) is 6. The molecule has 31 heavy (non-hydrogen) atoms. The summed E-state index contributed by atoms with van der Waals surface area (Å²) < 4.78 is 6.00. The van der Waals surface area contributed by atoms with E-state index in [1.54, 1.807) is 24.7 Å². The Morgan fingerprint density at radius 3 is 2.29 bits per heavy atom. The van der Waals surface area contributed by atoms with E-state index in [4.69, 9.17) is 4.42 Å². The van der Waals surface area contributed by atoms with Crippen molar-refractivity contribution < 1.29 is 9.21 Å². The Labute approximate surface area is 180 Å². The Balaban J connectivity index is 1.35. The predicted octanol–water partition coefficient (Wildman–Crippen LogP) is 3.76. The first-order valence-electron chi connectivity index (χ1n) is 10.2. The monoisotopic (exact) mass is 411 g/mol. The highest BCUT2D eigenvalue weighted by Gasteiger charge is 2.26. The predicted molar refractivity (Wildman–Crippen MR) is 118 cm³/mol. The molecule has 0 N–H and O–H groups in total. The Morgan fingerprint density at radius 1 is 0.806 bits per heavy atom. The van der Waals surface area contributed by atoms with Crippen LogP contribution in [0.2, 0.25) is 0 Å². The molecular formula is C24H21N5O2. The summed E-state index contributed by atoms with van der Waals surface area (Å²) >= 11 is 0. The molecule has 2 aromatic heterocycles. The lowest BCUT2D eigenvalue weighted by Crippen LogP contribution is -2.49. The maximum Gasteiger partial charge on any atom is 0.254 e. The summed E-state index contributed by atoms with van der Waals surface area (Å²) in [5, 5.41) is 0. The van der Waals surface area contributed by atoms with E-state index in [0.29, 0.717) is 54.9 Å². The Bertz CT molecular complexity index is 1170. The molecule has 0 atom stereocenters. The Kier molecular flexibility index (Phi) is 5.14. The number of hydrogen-bond donors (Lipinski definition) is 0. The zero-order valence-electron chi connectivity index (χ0n) is 16.9. The second-order valence-electron chi connectivity index (χ2n) is 7.27. The molecule has 1 aliphatic rings. The summed E-state index contributed by atoms with van der Waals surface area (Å²) in [5.41, 5.74) is 2.24. The van der Waals surface area contributed by atoms with Crippen LogP contribution in [0.25, 0.3) is 22.8 Å². The van der Waals surface area contributed by atoms with E-state index < -0.39 is 0 Å². The molecule has 0 unspecified atom stereocenters. The third kappa shape index (κ3) is 3.90. The van der Waals surface area contributed by atoms with E-state index in [1.165, 1.54) is 0 Å². The molecule has 4 aromatic rings. The normalized spacial score (nSPS) is 13.9. The van der Waals surface area contributed by atoms with Crippen molar-refractivity contribution in [1.29, 1.82) is 0 Å². The van der Waals surface area contributed by atoms with E-state index in [2.05, 4.69) is 19.9 Å². The van der Waals surface area contributed by atoms with Gasteiger partial charge in [-0.05, 0) is 18.2 Å². The van der Waals surface area contributed by atoms with Crippen molar-refractivity contribution in [1.82, 2.24) is 19.9 Å². The number of benzene rings is 2. The van der Waals surface area contributed by atoms with Gasteiger partial charge in [-0.2, -0.15) is 0 Å². The molecule has 0 saturated carbocycles. The highest BCUT2D eigenvalue weighted by atomic mass is 16.4. The van der Waals surface area contributed by atoms with Gasteiger partial charge in [-0.3, -0.25) is 4.79 Å². The summed E-state index contributed by atoms with van der Waals surface area (Å²) in [4.78, 5) is 30.3. The maximum atomic E-state index is 13.3. The smallest absolute Gasteiger partial charge is 0.254 e. The van der Waals surface area contributed by atoms with E-state index >= 15 is 0 Å². The van der Waals surface area contributed by atoms with Crippen molar-refractivity contribution >= 4 is 11.9 Å². The lowest BCUT2D eigenvalue weighted by molar-refractivity contribution is 0.0746. The number of piperazine rings is 1. The molecular weight excluding hydrogens is 390 g/mol. The second kappa shape index (κ2) is 8.39. The number of carbonyl (C=O) groups excluding carboxylic acids is 1. The number of aromatic nitrogens is 3. The van der Waals surface area contributed by atoms with Crippen LogP contribution in [-0.2, 0) is 0 Å². The van der Waals surface area contributed by atoms with Crippen LogP contribution in [0.1, 0.15) is 10.4 Å². The van der Waals surface area contributed by atoms with Crippen molar-refractivity contribution in [2.45, 2.75) is 0 Å². The van der Waals surface area contributed by atoms with Gasteiger partial charge in [-0.15, -0.1) is 0 Å². The fraction of sp³-hybridized carbons (Fsp3) is 0.167. The lowest BCUT2D eigenvalue weighted by atomic mass is 10.1. The van der Waals surface area contributed by atoms with Crippen LogP contribution in [0.3, 0.4) is 0 Å². The average molecular weight is 411 g/mol. The number of oxazole rings is 1. The zero-order chi connectivity index (χ0) is 21.0. The Morgan fingerprint density at radius 2 is 1.52 bits per heavy atom. The summed E-state index contributed by atoms with van der Waals surface area (Å²) in [7, 11) is 0. The molecule has 1 amide bonds. The van der Waals surface area contributed by atoms with Crippen molar-refractivity contribution in [2.75, 3.05) is 31.1 Å². The van der Waals surface area contributed by atoms with Crippen molar-refractivity contribution in [2.24, 2.45) is 0 Å². The van der Waals surface area contributed by atoms with Crippen LogP contribution < -0.4 is 4.90 Å². The van der Waals surface area contributed by atoms with Crippen LogP contribution >= 0.6 is 0 Å². The fourth-order valence-corrected chi connectivity index (χ4v) is 3.73. The molecule has 3 heterocycles. The lowest BCUT2D eigenvalue weighted by Gasteiger charge is -2.34. The quantitative estimate of drug-likeness (QED) is 0.509. The minimum atomic E-state index is -0.0244. The molecule has 0 radical (unpaired) electrons. The van der Waals surface area contributed by atoms with Gasteiger partial charge in [0.05, 0.1) is 11.8 Å². The van der Waals surface area contributed by atoms with Gasteiger partial charge in [0, 0.05) is 49.7 Å². The van der Waals surface area contributed by atoms with Crippen LogP contribution in [-0.4, -0.2) is 51.9 Å².